The van der Waals surface area contributed by atoms with E-state index >= 15 is 0 Å². The average molecular weight is 238 g/mol. The van der Waals surface area contributed by atoms with Gasteiger partial charge in [0.1, 0.15) is 12.7 Å². The Balaban J connectivity index is 2.11. The zero-order valence-electron chi connectivity index (χ0n) is 9.43. The predicted molar refractivity (Wildman–Crippen MR) is 66.7 cm³/mol. The van der Waals surface area contributed by atoms with Crippen molar-refractivity contribution in [3.63, 3.8) is 0 Å². The largest absolute Gasteiger partial charge is 0.330 e. The van der Waals surface area contributed by atoms with E-state index in [1.807, 2.05) is 35.2 Å². The number of nitrogens with one attached hydrogen (secondary N) is 1. The van der Waals surface area contributed by atoms with E-state index in [-0.39, 0.29) is 0 Å². The minimum atomic E-state index is 0.520. The van der Waals surface area contributed by atoms with Crippen molar-refractivity contribution in [3.8, 4) is 0 Å². The van der Waals surface area contributed by atoms with Crippen molar-refractivity contribution in [1.82, 2.24) is 24.9 Å². The standard InChI is InChI=1S/C12H10N6/c1-2-4-10(5-3-1)18(11-14-6-7-15-11)12-16-8-13-9-17-12/h1-9H,(H,14,15). The van der Waals surface area contributed by atoms with Gasteiger partial charge in [-0.3, -0.25) is 0 Å². The third-order valence-electron chi connectivity index (χ3n) is 2.39. The fourth-order valence-electron chi connectivity index (χ4n) is 1.64. The summed E-state index contributed by atoms with van der Waals surface area (Å²) in [4.78, 5) is 21.2. The molecule has 1 aromatic carbocycles. The lowest BCUT2D eigenvalue weighted by Gasteiger charge is -2.19. The van der Waals surface area contributed by atoms with Crippen molar-refractivity contribution in [1.29, 1.82) is 0 Å². The highest BCUT2D eigenvalue weighted by molar-refractivity contribution is 5.67. The molecule has 6 nitrogen and oxygen atoms in total. The molecule has 0 saturated carbocycles. The molecule has 1 N–H and O–H groups in total. The van der Waals surface area contributed by atoms with Gasteiger partial charge < -0.3 is 4.98 Å². The van der Waals surface area contributed by atoms with E-state index in [0.29, 0.717) is 11.9 Å². The number of hydrogen-bond donors (Lipinski definition) is 1. The van der Waals surface area contributed by atoms with Crippen LogP contribution < -0.4 is 4.90 Å². The Hall–Kier alpha value is -2.76. The van der Waals surface area contributed by atoms with Crippen LogP contribution in [0, 0.1) is 0 Å². The fourth-order valence-corrected chi connectivity index (χ4v) is 1.64. The smallest absolute Gasteiger partial charge is 0.239 e. The number of anilines is 3. The predicted octanol–water partition coefficient (Wildman–Crippen LogP) is 2.06. The molecule has 0 fully saturated rings. The SMILES string of the molecule is c1ccc(N(c2ncncn2)c2ncc[nH]2)cc1. The minimum Gasteiger partial charge on any atom is -0.330 e. The number of hydrogen-bond acceptors (Lipinski definition) is 5. The van der Waals surface area contributed by atoms with Crippen molar-refractivity contribution in [3.05, 3.63) is 55.4 Å². The second-order valence-corrected chi connectivity index (χ2v) is 3.52. The lowest BCUT2D eigenvalue weighted by atomic mass is 10.3. The molecular formula is C12H10N6. The van der Waals surface area contributed by atoms with Gasteiger partial charge in [0.05, 0.1) is 5.69 Å². The van der Waals surface area contributed by atoms with Crippen LogP contribution in [0.3, 0.4) is 0 Å². The molecule has 0 bridgehead atoms. The van der Waals surface area contributed by atoms with Crippen LogP contribution in [0.15, 0.2) is 55.4 Å². The highest BCUT2D eigenvalue weighted by Crippen LogP contribution is 2.27. The molecule has 0 unspecified atom stereocenters. The van der Waals surface area contributed by atoms with Gasteiger partial charge in [-0.15, -0.1) is 0 Å². The van der Waals surface area contributed by atoms with Gasteiger partial charge in [0, 0.05) is 12.4 Å². The van der Waals surface area contributed by atoms with E-state index in [1.165, 1.54) is 12.7 Å². The number of aromatic amines is 1. The van der Waals surface area contributed by atoms with Crippen molar-refractivity contribution in [2.75, 3.05) is 4.90 Å². The Kier molecular flexibility index (Phi) is 2.67. The third kappa shape index (κ3) is 1.91. The number of aromatic nitrogens is 5. The number of benzene rings is 1. The summed E-state index contributed by atoms with van der Waals surface area (Å²) in [5.41, 5.74) is 0.929. The summed E-state index contributed by atoms with van der Waals surface area (Å²) in [5, 5.41) is 0. The number of nitrogens with zero attached hydrogens (tertiary/aromatic N) is 5. The van der Waals surface area contributed by atoms with Crippen LogP contribution in [0.4, 0.5) is 17.6 Å². The number of H-pyrrole nitrogens is 1. The molecule has 0 aliphatic rings. The second-order valence-electron chi connectivity index (χ2n) is 3.52. The lowest BCUT2D eigenvalue weighted by Crippen LogP contribution is -2.14. The van der Waals surface area contributed by atoms with Gasteiger partial charge in [0.25, 0.3) is 0 Å². The highest BCUT2D eigenvalue weighted by atomic mass is 15.3. The van der Waals surface area contributed by atoms with Gasteiger partial charge in [-0.05, 0) is 12.1 Å². The number of para-hydroxylation sites is 1. The Labute approximate surface area is 103 Å². The first-order chi connectivity index (χ1) is 8.95. The van der Waals surface area contributed by atoms with E-state index in [9.17, 15) is 0 Å². The highest BCUT2D eigenvalue weighted by Gasteiger charge is 2.15. The molecule has 0 amide bonds. The van der Waals surface area contributed by atoms with Crippen LogP contribution in [0.25, 0.3) is 0 Å². The molecule has 3 rings (SSSR count). The van der Waals surface area contributed by atoms with Gasteiger partial charge in [-0.25, -0.2) is 24.8 Å². The van der Waals surface area contributed by atoms with Crippen molar-refractivity contribution >= 4 is 17.6 Å². The van der Waals surface area contributed by atoms with E-state index in [1.54, 1.807) is 12.4 Å². The van der Waals surface area contributed by atoms with Crippen LogP contribution in [-0.4, -0.2) is 24.9 Å². The van der Waals surface area contributed by atoms with E-state index in [4.69, 9.17) is 0 Å². The molecule has 6 heteroatoms. The summed E-state index contributed by atoms with van der Waals surface area (Å²) < 4.78 is 0. The van der Waals surface area contributed by atoms with Gasteiger partial charge in [0.15, 0.2) is 0 Å². The molecule has 2 aromatic heterocycles. The lowest BCUT2D eigenvalue weighted by molar-refractivity contribution is 0.984. The van der Waals surface area contributed by atoms with Crippen LogP contribution in [0.1, 0.15) is 0 Å². The summed E-state index contributed by atoms with van der Waals surface area (Å²) >= 11 is 0. The monoisotopic (exact) mass is 238 g/mol. The van der Waals surface area contributed by atoms with Crippen LogP contribution in [-0.2, 0) is 0 Å². The fraction of sp³-hybridized carbons (Fsp3) is 0. The van der Waals surface area contributed by atoms with Gasteiger partial charge in [-0.1, -0.05) is 18.2 Å². The first-order valence-corrected chi connectivity index (χ1v) is 5.42. The molecule has 0 aliphatic carbocycles. The quantitative estimate of drug-likeness (QED) is 0.756. The molecule has 0 saturated heterocycles. The summed E-state index contributed by atoms with van der Waals surface area (Å²) in [7, 11) is 0. The van der Waals surface area contributed by atoms with Crippen molar-refractivity contribution < 1.29 is 0 Å². The Morgan fingerprint density at radius 3 is 2.39 bits per heavy atom. The molecular weight excluding hydrogens is 228 g/mol. The molecule has 88 valence electrons. The minimum absolute atomic E-state index is 0.520. The summed E-state index contributed by atoms with van der Waals surface area (Å²) in [6.45, 7) is 0. The molecule has 0 radical (unpaired) electrons. The van der Waals surface area contributed by atoms with Crippen molar-refractivity contribution in [2.45, 2.75) is 0 Å². The first-order valence-electron chi connectivity index (χ1n) is 5.42. The topological polar surface area (TPSA) is 70.6 Å². The average Bonchev–Trinajstić information content (AvgIpc) is 2.95. The third-order valence-corrected chi connectivity index (χ3v) is 2.39. The maximum atomic E-state index is 4.24. The van der Waals surface area contributed by atoms with Crippen LogP contribution in [0.2, 0.25) is 0 Å². The van der Waals surface area contributed by atoms with Crippen LogP contribution >= 0.6 is 0 Å². The van der Waals surface area contributed by atoms with Gasteiger partial charge >= 0.3 is 0 Å². The van der Waals surface area contributed by atoms with E-state index < -0.39 is 0 Å². The van der Waals surface area contributed by atoms with Gasteiger partial charge in [0.2, 0.25) is 11.9 Å². The second kappa shape index (κ2) is 4.62. The van der Waals surface area contributed by atoms with Gasteiger partial charge in [-0.2, -0.15) is 0 Å². The number of rotatable bonds is 3. The Morgan fingerprint density at radius 2 is 1.72 bits per heavy atom. The molecule has 0 aliphatic heterocycles. The summed E-state index contributed by atoms with van der Waals surface area (Å²) in [5.74, 6) is 1.18. The molecule has 2 heterocycles. The Morgan fingerprint density at radius 1 is 0.944 bits per heavy atom. The molecule has 0 atom stereocenters. The maximum absolute atomic E-state index is 4.24. The number of imidazole rings is 1. The summed E-state index contributed by atoms with van der Waals surface area (Å²) in [6.07, 6.45) is 6.36. The zero-order valence-corrected chi connectivity index (χ0v) is 9.43. The normalized spacial score (nSPS) is 10.2. The van der Waals surface area contributed by atoms with E-state index in [2.05, 4.69) is 24.9 Å². The van der Waals surface area contributed by atoms with E-state index in [0.717, 1.165) is 5.69 Å². The zero-order chi connectivity index (χ0) is 12.2. The maximum Gasteiger partial charge on any atom is 0.239 e. The first kappa shape index (κ1) is 10.4. The van der Waals surface area contributed by atoms with Crippen LogP contribution in [0.5, 0.6) is 0 Å². The van der Waals surface area contributed by atoms with Crippen molar-refractivity contribution in [2.24, 2.45) is 0 Å². The molecule has 18 heavy (non-hydrogen) atoms. The molecule has 0 spiro atoms. The Bertz CT molecular complexity index is 554. The molecule has 3 aromatic rings. The summed E-state index contributed by atoms with van der Waals surface area (Å²) in [6, 6.07) is 9.79.